The van der Waals surface area contributed by atoms with E-state index in [9.17, 15) is 0 Å². The number of aryl methyl sites for hydroxylation is 1. The molecule has 2 aromatic heterocycles. The van der Waals surface area contributed by atoms with Crippen molar-refractivity contribution >= 4 is 22.8 Å². The summed E-state index contributed by atoms with van der Waals surface area (Å²) in [6, 6.07) is 7.97. The average Bonchev–Trinajstić information content (AvgIpc) is 2.94. The van der Waals surface area contributed by atoms with Gasteiger partial charge in [-0.1, -0.05) is 18.6 Å². The second-order valence-corrected chi connectivity index (χ2v) is 6.88. The van der Waals surface area contributed by atoms with Crippen molar-refractivity contribution in [3.63, 3.8) is 0 Å². The van der Waals surface area contributed by atoms with Crippen molar-refractivity contribution in [1.82, 2.24) is 20.2 Å². The Kier molecular flexibility index (Phi) is 3.99. The number of fused-ring (bicyclic) bond motifs is 1. The van der Waals surface area contributed by atoms with E-state index in [1.165, 1.54) is 19.3 Å². The molecule has 0 bridgehead atoms. The Labute approximate surface area is 138 Å². The lowest BCUT2D eigenvalue weighted by Crippen LogP contribution is -2.08. The van der Waals surface area contributed by atoms with Crippen LogP contribution in [0.4, 0.5) is 0 Å². The summed E-state index contributed by atoms with van der Waals surface area (Å²) in [7, 11) is 0. The molecule has 118 valence electrons. The SMILES string of the molecule is Cc1nc2ccccc2nc1CSCc1nnc(C2CCC2)o1. The molecule has 0 amide bonds. The van der Waals surface area contributed by atoms with E-state index in [4.69, 9.17) is 9.40 Å². The van der Waals surface area contributed by atoms with Crippen LogP contribution in [0.3, 0.4) is 0 Å². The number of nitrogens with zero attached hydrogens (tertiary/aromatic N) is 4. The monoisotopic (exact) mass is 326 g/mol. The molecule has 0 unspecified atom stereocenters. The third kappa shape index (κ3) is 3.08. The van der Waals surface area contributed by atoms with Crippen LogP contribution in [0, 0.1) is 6.92 Å². The number of aromatic nitrogens is 4. The zero-order valence-electron chi connectivity index (χ0n) is 13.0. The van der Waals surface area contributed by atoms with Crippen molar-refractivity contribution in [3.8, 4) is 0 Å². The van der Waals surface area contributed by atoms with Crippen LogP contribution in [-0.4, -0.2) is 20.2 Å². The maximum atomic E-state index is 5.75. The Morgan fingerprint density at radius 3 is 2.61 bits per heavy atom. The van der Waals surface area contributed by atoms with Crippen molar-refractivity contribution in [2.24, 2.45) is 0 Å². The van der Waals surface area contributed by atoms with Gasteiger partial charge in [0, 0.05) is 11.7 Å². The summed E-state index contributed by atoms with van der Waals surface area (Å²) >= 11 is 1.73. The molecule has 1 fully saturated rings. The number of benzene rings is 1. The Bertz CT molecular complexity index is 828. The van der Waals surface area contributed by atoms with Crippen LogP contribution in [0.2, 0.25) is 0 Å². The van der Waals surface area contributed by atoms with E-state index < -0.39 is 0 Å². The van der Waals surface area contributed by atoms with Crippen LogP contribution >= 0.6 is 11.8 Å². The molecule has 1 saturated carbocycles. The maximum Gasteiger partial charge on any atom is 0.226 e. The van der Waals surface area contributed by atoms with Crippen molar-refractivity contribution in [1.29, 1.82) is 0 Å². The van der Waals surface area contributed by atoms with Crippen molar-refractivity contribution in [3.05, 3.63) is 47.4 Å². The number of thioether (sulfide) groups is 1. The van der Waals surface area contributed by atoms with Crippen molar-refractivity contribution in [2.45, 2.75) is 43.6 Å². The van der Waals surface area contributed by atoms with Gasteiger partial charge < -0.3 is 4.42 Å². The van der Waals surface area contributed by atoms with E-state index in [0.29, 0.717) is 17.6 Å². The summed E-state index contributed by atoms with van der Waals surface area (Å²) in [6.45, 7) is 2.01. The summed E-state index contributed by atoms with van der Waals surface area (Å²) in [6.07, 6.45) is 3.64. The smallest absolute Gasteiger partial charge is 0.226 e. The zero-order valence-corrected chi connectivity index (χ0v) is 13.8. The van der Waals surface area contributed by atoms with Gasteiger partial charge in [0.2, 0.25) is 11.8 Å². The van der Waals surface area contributed by atoms with Crippen LogP contribution in [0.15, 0.2) is 28.7 Å². The first-order valence-electron chi connectivity index (χ1n) is 7.92. The lowest BCUT2D eigenvalue weighted by Gasteiger charge is -2.20. The molecule has 1 aliphatic carbocycles. The molecule has 3 aromatic rings. The zero-order chi connectivity index (χ0) is 15.6. The molecule has 5 nitrogen and oxygen atoms in total. The molecule has 0 saturated heterocycles. The van der Waals surface area contributed by atoms with E-state index in [1.54, 1.807) is 11.8 Å². The average molecular weight is 326 g/mol. The quantitative estimate of drug-likeness (QED) is 0.705. The Hall–Kier alpha value is -1.95. The van der Waals surface area contributed by atoms with E-state index in [-0.39, 0.29) is 0 Å². The number of hydrogen-bond acceptors (Lipinski definition) is 6. The minimum Gasteiger partial charge on any atom is -0.424 e. The fourth-order valence-corrected chi connectivity index (χ4v) is 3.50. The third-order valence-electron chi connectivity index (χ3n) is 4.24. The van der Waals surface area contributed by atoms with Gasteiger partial charge in [-0.15, -0.1) is 22.0 Å². The summed E-state index contributed by atoms with van der Waals surface area (Å²) in [5.41, 5.74) is 3.89. The molecule has 0 N–H and O–H groups in total. The molecule has 2 heterocycles. The van der Waals surface area contributed by atoms with Gasteiger partial charge in [0.05, 0.1) is 28.2 Å². The van der Waals surface area contributed by atoms with Gasteiger partial charge in [-0.2, -0.15) is 0 Å². The second-order valence-electron chi connectivity index (χ2n) is 5.90. The molecule has 6 heteroatoms. The molecule has 0 spiro atoms. The first-order valence-corrected chi connectivity index (χ1v) is 9.07. The van der Waals surface area contributed by atoms with E-state index in [0.717, 1.165) is 34.1 Å². The summed E-state index contributed by atoms with van der Waals surface area (Å²) in [5, 5.41) is 8.31. The van der Waals surface area contributed by atoms with E-state index in [2.05, 4.69) is 15.2 Å². The molecule has 4 rings (SSSR count). The van der Waals surface area contributed by atoms with E-state index >= 15 is 0 Å². The summed E-state index contributed by atoms with van der Waals surface area (Å²) < 4.78 is 5.75. The van der Waals surface area contributed by atoms with Gasteiger partial charge in [0.15, 0.2) is 0 Å². The highest BCUT2D eigenvalue weighted by atomic mass is 32.2. The van der Waals surface area contributed by atoms with Crippen LogP contribution in [0.25, 0.3) is 11.0 Å². The number of rotatable bonds is 5. The van der Waals surface area contributed by atoms with Gasteiger partial charge in [0.1, 0.15) is 0 Å². The minimum atomic E-state index is 0.495. The molecular weight excluding hydrogens is 308 g/mol. The van der Waals surface area contributed by atoms with Gasteiger partial charge >= 0.3 is 0 Å². The molecular formula is C17H18N4OS. The fourth-order valence-electron chi connectivity index (χ4n) is 2.64. The van der Waals surface area contributed by atoms with Crippen molar-refractivity contribution < 1.29 is 4.42 Å². The van der Waals surface area contributed by atoms with Gasteiger partial charge in [-0.05, 0) is 31.9 Å². The lowest BCUT2D eigenvalue weighted by atomic mass is 9.85. The lowest BCUT2D eigenvalue weighted by molar-refractivity contribution is 0.328. The summed E-state index contributed by atoms with van der Waals surface area (Å²) in [5.74, 6) is 3.53. The van der Waals surface area contributed by atoms with Crippen LogP contribution in [0.1, 0.15) is 48.3 Å². The minimum absolute atomic E-state index is 0.495. The normalized spacial score (nSPS) is 15.0. The number of para-hydroxylation sites is 2. The largest absolute Gasteiger partial charge is 0.424 e. The molecule has 1 aliphatic rings. The van der Waals surface area contributed by atoms with Crippen LogP contribution < -0.4 is 0 Å². The standard InChI is InChI=1S/C17H18N4OS/c1-11-15(19-14-8-3-2-7-13(14)18-11)9-23-10-16-20-21-17(22-16)12-5-4-6-12/h2-3,7-8,12H,4-6,9-10H2,1H3. The Balaban J connectivity index is 1.40. The topological polar surface area (TPSA) is 64.7 Å². The fraction of sp³-hybridized carbons (Fsp3) is 0.412. The van der Waals surface area contributed by atoms with Gasteiger partial charge in [-0.25, -0.2) is 9.97 Å². The van der Waals surface area contributed by atoms with Gasteiger partial charge in [-0.3, -0.25) is 0 Å². The second kappa shape index (κ2) is 6.28. The Morgan fingerprint density at radius 2 is 1.87 bits per heavy atom. The first-order chi connectivity index (χ1) is 11.3. The predicted octanol–water partition coefficient (Wildman–Crippen LogP) is 4.02. The third-order valence-corrected chi connectivity index (χ3v) is 5.17. The first kappa shape index (κ1) is 14.6. The molecule has 1 aromatic carbocycles. The van der Waals surface area contributed by atoms with Crippen LogP contribution in [-0.2, 0) is 11.5 Å². The van der Waals surface area contributed by atoms with Crippen LogP contribution in [0.5, 0.6) is 0 Å². The van der Waals surface area contributed by atoms with E-state index in [1.807, 2.05) is 31.2 Å². The van der Waals surface area contributed by atoms with Crippen molar-refractivity contribution in [2.75, 3.05) is 0 Å². The highest BCUT2D eigenvalue weighted by Gasteiger charge is 2.25. The molecule has 0 radical (unpaired) electrons. The highest BCUT2D eigenvalue weighted by Crippen LogP contribution is 2.35. The number of hydrogen-bond donors (Lipinski definition) is 0. The maximum absolute atomic E-state index is 5.75. The highest BCUT2D eigenvalue weighted by molar-refractivity contribution is 7.97. The molecule has 23 heavy (non-hydrogen) atoms. The Morgan fingerprint density at radius 1 is 1.09 bits per heavy atom. The molecule has 0 atom stereocenters. The molecule has 0 aliphatic heterocycles. The predicted molar refractivity (Wildman–Crippen MR) is 90.2 cm³/mol. The van der Waals surface area contributed by atoms with Gasteiger partial charge in [0.25, 0.3) is 0 Å². The summed E-state index contributed by atoms with van der Waals surface area (Å²) in [4.78, 5) is 9.33.